The number of hydrogen-bond donors (Lipinski definition) is 5. The van der Waals surface area contributed by atoms with Crippen LogP contribution in [0.1, 0.15) is 35.1 Å². The second-order valence-corrected chi connectivity index (χ2v) is 10.8. The highest BCUT2D eigenvalue weighted by Crippen LogP contribution is 2.38. The van der Waals surface area contributed by atoms with Gasteiger partial charge in [0.05, 0.1) is 6.20 Å². The molecule has 0 saturated carbocycles. The fourth-order valence-corrected chi connectivity index (χ4v) is 5.48. The third-order valence-corrected chi connectivity index (χ3v) is 7.22. The molecule has 1 heterocycles. The van der Waals surface area contributed by atoms with Gasteiger partial charge >= 0.3 is 13.6 Å². The number of hydrogen-bond acceptors (Lipinski definition) is 5. The van der Waals surface area contributed by atoms with Crippen LogP contribution in [0.2, 0.25) is 0 Å². The number of rotatable bonds is 5. The van der Waals surface area contributed by atoms with Gasteiger partial charge in [0, 0.05) is 11.9 Å². The van der Waals surface area contributed by atoms with E-state index in [9.17, 15) is 13.6 Å². The second-order valence-electron chi connectivity index (χ2n) is 7.37. The van der Waals surface area contributed by atoms with E-state index in [2.05, 4.69) is 21.2 Å². The van der Waals surface area contributed by atoms with Crippen molar-refractivity contribution in [2.45, 2.75) is 49.7 Å². The van der Waals surface area contributed by atoms with E-state index < -0.39 is 29.8 Å². The van der Waals surface area contributed by atoms with Crippen molar-refractivity contribution < 1.29 is 23.4 Å². The minimum atomic E-state index is -4.37. The molecule has 10 nitrogen and oxygen atoms in total. The minimum absolute atomic E-state index is 0.135. The third kappa shape index (κ3) is 4.23. The normalized spacial score (nSPS) is 17.4. The standard InChI is InChI=1S/C17H22N5O5PS/c18-29(27,13-8-19-22(9-13)10-28(24,25)26)21-17(23)20-16-14-5-1-3-11(14)7-12-4-2-6-15(12)16/h7-9H,1-6,10H2,(H2,24,25,26)(H3,18,20,21,23,27). The molecule has 2 aliphatic carbocycles. The largest absolute Gasteiger partial charge is 0.346 e. The van der Waals surface area contributed by atoms with Crippen LogP contribution in [0.25, 0.3) is 0 Å². The predicted molar refractivity (Wildman–Crippen MR) is 106 cm³/mol. The van der Waals surface area contributed by atoms with Crippen molar-refractivity contribution in [2.75, 3.05) is 5.32 Å². The monoisotopic (exact) mass is 439 g/mol. The molecule has 1 aromatic heterocycles. The average Bonchev–Trinajstić information content (AvgIpc) is 3.31. The van der Waals surface area contributed by atoms with Crippen LogP contribution in [0, 0.1) is 4.78 Å². The summed E-state index contributed by atoms with van der Waals surface area (Å²) in [5.74, 6) is 0. The fraction of sp³-hybridized carbons (Fsp3) is 0.412. The van der Waals surface area contributed by atoms with Crippen LogP contribution in [0.4, 0.5) is 10.5 Å². The van der Waals surface area contributed by atoms with E-state index in [1.165, 1.54) is 11.1 Å². The molecule has 0 radical (unpaired) electrons. The van der Waals surface area contributed by atoms with Crippen molar-refractivity contribution in [1.82, 2.24) is 14.5 Å². The molecule has 1 aromatic carbocycles. The maximum atomic E-state index is 12.7. The Bertz CT molecular complexity index is 1110. The molecule has 0 spiro atoms. The van der Waals surface area contributed by atoms with Gasteiger partial charge in [0.2, 0.25) is 0 Å². The molecular formula is C17H22N5O5PS. The Balaban J connectivity index is 1.53. The number of carbonyl (C=O) groups excluding carboxylic acids is 1. The van der Waals surface area contributed by atoms with Crippen molar-refractivity contribution >= 4 is 29.2 Å². The lowest BCUT2D eigenvalue weighted by molar-refractivity contribution is 0.256. The number of fused-ring (bicyclic) bond motifs is 2. The number of benzene rings is 1. The Morgan fingerprint density at radius 2 is 1.83 bits per heavy atom. The van der Waals surface area contributed by atoms with Gasteiger partial charge in [-0.1, -0.05) is 6.07 Å². The van der Waals surface area contributed by atoms with Gasteiger partial charge in [-0.3, -0.25) is 9.25 Å². The highest BCUT2D eigenvalue weighted by Gasteiger charge is 2.26. The van der Waals surface area contributed by atoms with Crippen LogP contribution in [0.15, 0.2) is 23.4 Å². The van der Waals surface area contributed by atoms with Gasteiger partial charge in [-0.15, -0.1) is 0 Å². The van der Waals surface area contributed by atoms with E-state index in [0.717, 1.165) is 72.4 Å². The van der Waals surface area contributed by atoms with Gasteiger partial charge in [0.25, 0.3) is 0 Å². The summed E-state index contributed by atoms with van der Waals surface area (Å²) in [6, 6.07) is 1.48. The van der Waals surface area contributed by atoms with Crippen LogP contribution in [-0.2, 0) is 46.4 Å². The van der Waals surface area contributed by atoms with E-state index >= 15 is 0 Å². The molecule has 1 unspecified atom stereocenters. The lowest BCUT2D eigenvalue weighted by Gasteiger charge is -2.17. The lowest BCUT2D eigenvalue weighted by atomic mass is 9.99. The van der Waals surface area contributed by atoms with E-state index in [1.807, 2.05) is 0 Å². The van der Waals surface area contributed by atoms with Crippen LogP contribution in [-0.4, -0.2) is 29.8 Å². The van der Waals surface area contributed by atoms with Crippen molar-refractivity contribution in [3.8, 4) is 0 Å². The molecule has 0 aliphatic heterocycles. The number of aromatic nitrogens is 2. The molecule has 12 heteroatoms. The zero-order valence-electron chi connectivity index (χ0n) is 15.6. The van der Waals surface area contributed by atoms with Gasteiger partial charge in [-0.2, -0.15) is 5.10 Å². The lowest BCUT2D eigenvalue weighted by Crippen LogP contribution is -2.34. The first-order valence-corrected chi connectivity index (χ1v) is 12.6. The zero-order valence-corrected chi connectivity index (χ0v) is 17.3. The van der Waals surface area contributed by atoms with E-state index in [0.29, 0.717) is 0 Å². The molecule has 2 aromatic rings. The number of urea groups is 1. The molecule has 0 fully saturated rings. The van der Waals surface area contributed by atoms with Gasteiger partial charge in [0.15, 0.2) is 9.92 Å². The molecule has 5 N–H and O–H groups in total. The Labute approximate surface area is 168 Å². The Kier molecular flexibility index (Phi) is 5.02. The summed E-state index contributed by atoms with van der Waals surface area (Å²) in [6.07, 6.45) is 7.23. The summed E-state index contributed by atoms with van der Waals surface area (Å²) in [7, 11) is -8.11. The molecule has 0 saturated heterocycles. The smallest absolute Gasteiger partial charge is 0.323 e. The summed E-state index contributed by atoms with van der Waals surface area (Å²) < 4.78 is 34.8. The van der Waals surface area contributed by atoms with Crippen molar-refractivity contribution in [3.05, 3.63) is 40.7 Å². The Morgan fingerprint density at radius 3 is 2.41 bits per heavy atom. The number of anilines is 1. The molecular weight excluding hydrogens is 417 g/mol. The molecule has 1 atom stereocenters. The minimum Gasteiger partial charge on any atom is -0.323 e. The predicted octanol–water partition coefficient (Wildman–Crippen LogP) is 2.14. The summed E-state index contributed by atoms with van der Waals surface area (Å²) in [5, 5.41) is 6.52. The summed E-state index contributed by atoms with van der Waals surface area (Å²) in [4.78, 5) is 30.4. The Hall–Kier alpha value is -2.20. The summed E-state index contributed by atoms with van der Waals surface area (Å²) in [6.45, 7) is 0. The molecule has 4 rings (SSSR count). The maximum absolute atomic E-state index is 12.7. The van der Waals surface area contributed by atoms with Crippen LogP contribution in [0.3, 0.4) is 0 Å². The SMILES string of the molecule is N=S(=O)(NC(=O)Nc1c2c(cc3c1CCC3)CCC2)c1cnn(CP(=O)(O)O)c1. The molecule has 2 aliphatic rings. The highest BCUT2D eigenvalue weighted by molar-refractivity contribution is 7.91. The first-order valence-electron chi connectivity index (χ1n) is 9.23. The highest BCUT2D eigenvalue weighted by atomic mass is 32.2. The van der Waals surface area contributed by atoms with E-state index in [1.54, 1.807) is 0 Å². The van der Waals surface area contributed by atoms with Crippen LogP contribution >= 0.6 is 7.60 Å². The number of nitrogens with zero attached hydrogens (tertiary/aromatic N) is 2. The summed E-state index contributed by atoms with van der Waals surface area (Å²) >= 11 is 0. The van der Waals surface area contributed by atoms with Gasteiger partial charge in [-0.05, 0) is 60.8 Å². The topological polar surface area (TPSA) is 157 Å². The van der Waals surface area contributed by atoms with Gasteiger partial charge in [0.1, 0.15) is 11.2 Å². The number of nitrogens with one attached hydrogen (secondary N) is 3. The number of amides is 2. The van der Waals surface area contributed by atoms with Crippen LogP contribution in [0.5, 0.6) is 0 Å². The Morgan fingerprint density at radius 1 is 1.21 bits per heavy atom. The third-order valence-electron chi connectivity index (χ3n) is 5.22. The zero-order chi connectivity index (χ0) is 20.8. The molecule has 2 amide bonds. The van der Waals surface area contributed by atoms with Crippen molar-refractivity contribution in [1.29, 1.82) is 4.78 Å². The van der Waals surface area contributed by atoms with Crippen molar-refractivity contribution in [2.24, 2.45) is 0 Å². The fourth-order valence-electron chi connectivity index (χ4n) is 4.05. The van der Waals surface area contributed by atoms with Gasteiger partial charge < -0.3 is 15.1 Å². The first-order chi connectivity index (χ1) is 13.6. The quantitative estimate of drug-likeness (QED) is 0.449. The molecule has 0 bridgehead atoms. The molecule has 29 heavy (non-hydrogen) atoms. The first kappa shape index (κ1) is 20.1. The van der Waals surface area contributed by atoms with Crippen LogP contribution < -0.4 is 10.0 Å². The van der Waals surface area contributed by atoms with E-state index in [4.69, 9.17) is 14.6 Å². The summed E-state index contributed by atoms with van der Waals surface area (Å²) in [5.41, 5.74) is 5.49. The number of carbonyl (C=O) groups is 1. The van der Waals surface area contributed by atoms with E-state index in [-0.39, 0.29) is 4.90 Å². The van der Waals surface area contributed by atoms with Gasteiger partial charge in [-0.25, -0.2) is 18.5 Å². The van der Waals surface area contributed by atoms with Crippen molar-refractivity contribution in [3.63, 3.8) is 0 Å². The maximum Gasteiger partial charge on any atom is 0.346 e. The average molecular weight is 439 g/mol. The second kappa shape index (κ2) is 7.24. The number of aryl methyl sites for hydroxylation is 2. The molecule has 156 valence electrons.